The molecule has 0 spiro atoms. The van der Waals surface area contributed by atoms with Crippen molar-refractivity contribution in [3.63, 3.8) is 0 Å². The number of hydrogen-bond acceptors (Lipinski definition) is 2. The van der Waals surface area contributed by atoms with Gasteiger partial charge in [-0.25, -0.2) is 0 Å². The van der Waals surface area contributed by atoms with E-state index in [2.05, 4.69) is 39.9 Å². The van der Waals surface area contributed by atoms with Gasteiger partial charge in [0.05, 0.1) is 6.61 Å². The molecule has 0 saturated heterocycles. The summed E-state index contributed by atoms with van der Waals surface area (Å²) in [4.78, 5) is 4.36. The highest BCUT2D eigenvalue weighted by Crippen LogP contribution is 2.48. The van der Waals surface area contributed by atoms with Gasteiger partial charge in [-0.05, 0) is 41.7 Å². The Morgan fingerprint density at radius 3 is 2.48 bits per heavy atom. The van der Waals surface area contributed by atoms with Crippen molar-refractivity contribution in [1.29, 1.82) is 0 Å². The molecule has 0 radical (unpaired) electrons. The number of benzene rings is 2. The summed E-state index contributed by atoms with van der Waals surface area (Å²) in [5.74, 6) is 0.811. The van der Waals surface area contributed by atoms with E-state index in [1.807, 2.05) is 24.3 Å². The van der Waals surface area contributed by atoms with Gasteiger partial charge in [0.25, 0.3) is 0 Å². The van der Waals surface area contributed by atoms with Gasteiger partial charge in [0.2, 0.25) is 0 Å². The van der Waals surface area contributed by atoms with Gasteiger partial charge in [0.1, 0.15) is 0 Å². The van der Waals surface area contributed by atoms with Crippen LogP contribution in [-0.2, 0) is 23.3 Å². The number of nitrogens with zero attached hydrogens (tertiary/aromatic N) is 1. The number of ether oxygens (including phenoxy) is 1. The predicted octanol–water partition coefficient (Wildman–Crippen LogP) is 4.50. The van der Waals surface area contributed by atoms with Crippen molar-refractivity contribution in [2.75, 3.05) is 20.7 Å². The minimum Gasteiger partial charge on any atom is -0.380 e. The van der Waals surface area contributed by atoms with Gasteiger partial charge < -0.3 is 15.4 Å². The van der Waals surface area contributed by atoms with Crippen LogP contribution in [0.4, 0.5) is 0 Å². The average Bonchev–Trinajstić information content (AvgIpc) is 3.44. The zero-order chi connectivity index (χ0) is 18.4. The average molecular weight is 500 g/mol. The van der Waals surface area contributed by atoms with Crippen molar-refractivity contribution >= 4 is 41.5 Å². The topological polar surface area (TPSA) is 45.7 Å². The summed E-state index contributed by atoms with van der Waals surface area (Å²) in [6.07, 6.45) is 2.35. The summed E-state index contributed by atoms with van der Waals surface area (Å²) in [5.41, 5.74) is 3.89. The minimum absolute atomic E-state index is 0. The molecule has 3 rings (SSSR count). The molecule has 2 aromatic carbocycles. The zero-order valence-electron chi connectivity index (χ0n) is 15.8. The van der Waals surface area contributed by atoms with E-state index in [1.165, 1.54) is 29.5 Å². The van der Waals surface area contributed by atoms with Gasteiger partial charge in [-0.3, -0.25) is 4.99 Å². The van der Waals surface area contributed by atoms with Crippen LogP contribution in [0.15, 0.2) is 53.5 Å². The van der Waals surface area contributed by atoms with Gasteiger partial charge in [0, 0.05) is 37.7 Å². The van der Waals surface area contributed by atoms with Crippen molar-refractivity contribution in [2.45, 2.75) is 31.4 Å². The third-order valence-corrected chi connectivity index (χ3v) is 5.21. The highest BCUT2D eigenvalue weighted by molar-refractivity contribution is 14.0. The van der Waals surface area contributed by atoms with E-state index in [9.17, 15) is 0 Å². The van der Waals surface area contributed by atoms with Crippen molar-refractivity contribution in [2.24, 2.45) is 4.99 Å². The van der Waals surface area contributed by atoms with Gasteiger partial charge in [-0.15, -0.1) is 24.0 Å². The van der Waals surface area contributed by atoms with Crippen LogP contribution in [-0.4, -0.2) is 26.7 Å². The first-order valence-electron chi connectivity index (χ1n) is 8.93. The molecule has 0 atom stereocenters. The van der Waals surface area contributed by atoms with Crippen LogP contribution >= 0.6 is 35.6 Å². The van der Waals surface area contributed by atoms with E-state index in [0.29, 0.717) is 13.2 Å². The highest BCUT2D eigenvalue weighted by Gasteiger charge is 2.44. The molecule has 4 nitrogen and oxygen atoms in total. The molecule has 1 aliphatic carbocycles. The number of rotatable bonds is 7. The van der Waals surface area contributed by atoms with Crippen LogP contribution in [0, 0.1) is 0 Å². The molecule has 146 valence electrons. The second-order valence-electron chi connectivity index (χ2n) is 6.77. The Hall–Kier alpha value is -1.31. The second kappa shape index (κ2) is 10.3. The van der Waals surface area contributed by atoms with E-state index in [1.54, 1.807) is 14.2 Å². The molecule has 1 aliphatic rings. The Morgan fingerprint density at radius 1 is 1.11 bits per heavy atom. The fraction of sp³-hybridized carbons (Fsp3) is 0.381. The normalized spacial score (nSPS) is 15.0. The van der Waals surface area contributed by atoms with Gasteiger partial charge >= 0.3 is 0 Å². The zero-order valence-corrected chi connectivity index (χ0v) is 18.9. The van der Waals surface area contributed by atoms with Gasteiger partial charge in [0.15, 0.2) is 5.96 Å². The van der Waals surface area contributed by atoms with E-state index >= 15 is 0 Å². The number of methoxy groups -OCH3 is 1. The van der Waals surface area contributed by atoms with Crippen LogP contribution in [0.2, 0.25) is 5.02 Å². The van der Waals surface area contributed by atoms with Crippen LogP contribution < -0.4 is 10.6 Å². The maximum atomic E-state index is 6.16. The molecule has 0 unspecified atom stereocenters. The third kappa shape index (κ3) is 5.83. The molecule has 0 aromatic heterocycles. The van der Waals surface area contributed by atoms with Crippen LogP contribution in [0.25, 0.3) is 0 Å². The number of nitrogens with one attached hydrogen (secondary N) is 2. The first kappa shape index (κ1) is 22.0. The molecule has 6 heteroatoms. The molecular formula is C21H27ClIN3O. The van der Waals surface area contributed by atoms with Crippen molar-refractivity contribution in [3.05, 3.63) is 70.2 Å². The summed E-state index contributed by atoms with van der Waals surface area (Å²) < 4.78 is 5.28. The van der Waals surface area contributed by atoms with E-state index in [4.69, 9.17) is 16.3 Å². The minimum atomic E-state index is 0. The molecule has 0 heterocycles. The molecule has 1 fully saturated rings. The molecule has 0 bridgehead atoms. The summed E-state index contributed by atoms with van der Waals surface area (Å²) in [6.45, 7) is 2.18. The molecule has 0 amide bonds. The Bertz CT molecular complexity index is 778. The van der Waals surface area contributed by atoms with E-state index < -0.39 is 0 Å². The van der Waals surface area contributed by atoms with Crippen LogP contribution in [0.5, 0.6) is 0 Å². The van der Waals surface area contributed by atoms with E-state index in [-0.39, 0.29) is 29.4 Å². The third-order valence-electron chi connectivity index (χ3n) is 4.97. The largest absolute Gasteiger partial charge is 0.380 e. The molecular weight excluding hydrogens is 473 g/mol. The standard InChI is InChI=1S/C21H26ClN3O.HI/c1-23-20(24-13-16-6-3-4-7-17(16)14-26-2)25-15-21(10-11-21)18-8-5-9-19(22)12-18;/h3-9,12H,10-11,13-15H2,1-2H3,(H2,23,24,25);1H. The molecule has 2 aromatic rings. The summed E-state index contributed by atoms with van der Waals surface area (Å²) in [7, 11) is 3.52. The van der Waals surface area contributed by atoms with Crippen LogP contribution in [0.1, 0.15) is 29.5 Å². The van der Waals surface area contributed by atoms with Gasteiger partial charge in [-0.1, -0.05) is 48.0 Å². The van der Waals surface area contributed by atoms with Crippen LogP contribution in [0.3, 0.4) is 0 Å². The molecule has 27 heavy (non-hydrogen) atoms. The smallest absolute Gasteiger partial charge is 0.191 e. The highest BCUT2D eigenvalue weighted by atomic mass is 127. The maximum absolute atomic E-state index is 6.16. The number of guanidine groups is 1. The number of halogens is 2. The summed E-state index contributed by atoms with van der Waals surface area (Å²) in [5, 5.41) is 7.68. The fourth-order valence-electron chi connectivity index (χ4n) is 3.22. The second-order valence-corrected chi connectivity index (χ2v) is 7.21. The Labute approximate surface area is 183 Å². The van der Waals surface area contributed by atoms with E-state index in [0.717, 1.165) is 17.5 Å². The lowest BCUT2D eigenvalue weighted by atomic mass is 9.96. The first-order valence-corrected chi connectivity index (χ1v) is 9.31. The lowest BCUT2D eigenvalue weighted by Gasteiger charge is -2.20. The van der Waals surface area contributed by atoms with Gasteiger partial charge in [-0.2, -0.15) is 0 Å². The number of aliphatic imine (C=N–C) groups is 1. The Kier molecular flexibility index (Phi) is 8.38. The lowest BCUT2D eigenvalue weighted by molar-refractivity contribution is 0.184. The SMILES string of the molecule is CN=C(NCc1ccccc1COC)NCC1(c2cccc(Cl)c2)CC1.I. The summed E-state index contributed by atoms with van der Waals surface area (Å²) >= 11 is 6.16. The van der Waals surface area contributed by atoms with Crippen molar-refractivity contribution in [1.82, 2.24) is 10.6 Å². The molecule has 2 N–H and O–H groups in total. The fourth-order valence-corrected chi connectivity index (χ4v) is 3.41. The first-order chi connectivity index (χ1) is 12.7. The Morgan fingerprint density at radius 2 is 1.85 bits per heavy atom. The van der Waals surface area contributed by atoms with Crippen molar-refractivity contribution < 1.29 is 4.74 Å². The quantitative estimate of drug-likeness (QED) is 0.335. The predicted molar refractivity (Wildman–Crippen MR) is 123 cm³/mol. The lowest BCUT2D eigenvalue weighted by Crippen LogP contribution is -2.41. The molecule has 1 saturated carbocycles. The monoisotopic (exact) mass is 499 g/mol. The molecule has 0 aliphatic heterocycles. The number of hydrogen-bond donors (Lipinski definition) is 2. The summed E-state index contributed by atoms with van der Waals surface area (Å²) in [6, 6.07) is 16.5. The van der Waals surface area contributed by atoms with Crippen molar-refractivity contribution in [3.8, 4) is 0 Å². The maximum Gasteiger partial charge on any atom is 0.191 e. The Balaban J connectivity index is 0.00000261.